The van der Waals surface area contributed by atoms with Gasteiger partial charge in [0, 0.05) is 37.8 Å². The monoisotopic (exact) mass is 345 g/mol. The number of benzene rings is 1. The molecule has 3 amide bonds. The molecule has 0 aliphatic carbocycles. The van der Waals surface area contributed by atoms with Crippen molar-refractivity contribution < 1.29 is 14.4 Å². The van der Waals surface area contributed by atoms with E-state index in [-0.39, 0.29) is 11.9 Å². The van der Waals surface area contributed by atoms with Crippen LogP contribution in [0.15, 0.2) is 24.3 Å². The Bertz CT molecular complexity index is 630. The van der Waals surface area contributed by atoms with Gasteiger partial charge in [0.05, 0.1) is 0 Å². The molecule has 0 saturated carbocycles. The minimum Gasteiger partial charge on any atom is -0.346 e. The van der Waals surface area contributed by atoms with Gasteiger partial charge in [0.2, 0.25) is 0 Å². The second-order valence-electron chi connectivity index (χ2n) is 6.99. The first-order valence-corrected chi connectivity index (χ1v) is 8.78. The van der Waals surface area contributed by atoms with Gasteiger partial charge in [-0.25, -0.2) is 0 Å². The Kier molecular flexibility index (Phi) is 6.17. The van der Waals surface area contributed by atoms with Gasteiger partial charge in [0.25, 0.3) is 5.91 Å². The first kappa shape index (κ1) is 19.0. The summed E-state index contributed by atoms with van der Waals surface area (Å²) in [6, 6.07) is 7.59. The molecule has 0 bridgehead atoms. The average Bonchev–Trinajstić information content (AvgIpc) is 2.60. The zero-order valence-electron chi connectivity index (χ0n) is 15.4. The van der Waals surface area contributed by atoms with Crippen molar-refractivity contribution in [1.82, 2.24) is 15.1 Å². The second kappa shape index (κ2) is 8.14. The minimum absolute atomic E-state index is 0.0333. The topological polar surface area (TPSA) is 69.7 Å². The van der Waals surface area contributed by atoms with Gasteiger partial charge in [0.1, 0.15) is 0 Å². The Balaban J connectivity index is 1.92. The second-order valence-corrected chi connectivity index (χ2v) is 6.99. The molecule has 0 aromatic heterocycles. The van der Waals surface area contributed by atoms with Gasteiger partial charge in [0.15, 0.2) is 0 Å². The van der Waals surface area contributed by atoms with Crippen molar-refractivity contribution in [3.05, 3.63) is 35.4 Å². The number of rotatable bonds is 3. The maximum absolute atomic E-state index is 12.6. The van der Waals surface area contributed by atoms with Crippen molar-refractivity contribution in [2.45, 2.75) is 39.7 Å². The third-order valence-electron chi connectivity index (χ3n) is 4.29. The summed E-state index contributed by atoms with van der Waals surface area (Å²) >= 11 is 0. The summed E-state index contributed by atoms with van der Waals surface area (Å²) in [6.45, 7) is 9.47. The number of hydrogen-bond acceptors (Lipinski definition) is 3. The fourth-order valence-electron chi connectivity index (χ4n) is 2.77. The number of hydrogen-bond donors (Lipinski definition) is 1. The average molecular weight is 345 g/mol. The fraction of sp³-hybridized carbons (Fsp3) is 0.526. The van der Waals surface area contributed by atoms with Gasteiger partial charge < -0.3 is 15.1 Å². The van der Waals surface area contributed by atoms with Crippen molar-refractivity contribution in [3.8, 4) is 0 Å². The molecule has 1 aromatic carbocycles. The number of carbonyl (C=O) groups is 3. The minimum atomic E-state index is -0.584. The lowest BCUT2D eigenvalue weighted by atomic mass is 10.0. The van der Waals surface area contributed by atoms with E-state index in [1.807, 2.05) is 38.1 Å². The predicted molar refractivity (Wildman–Crippen MR) is 96.3 cm³/mol. The van der Waals surface area contributed by atoms with E-state index < -0.39 is 11.8 Å². The van der Waals surface area contributed by atoms with Crippen LogP contribution >= 0.6 is 0 Å². The highest BCUT2D eigenvalue weighted by molar-refractivity contribution is 6.35. The highest BCUT2D eigenvalue weighted by Crippen LogP contribution is 2.16. The van der Waals surface area contributed by atoms with Crippen LogP contribution < -0.4 is 5.32 Å². The Morgan fingerprint density at radius 3 is 1.88 bits per heavy atom. The lowest BCUT2D eigenvalue weighted by molar-refractivity contribution is -0.147. The van der Waals surface area contributed by atoms with E-state index in [1.165, 1.54) is 10.5 Å². The van der Waals surface area contributed by atoms with Crippen LogP contribution in [0.2, 0.25) is 0 Å². The van der Waals surface area contributed by atoms with Gasteiger partial charge in [-0.15, -0.1) is 0 Å². The molecule has 6 heteroatoms. The van der Waals surface area contributed by atoms with E-state index >= 15 is 0 Å². The first-order chi connectivity index (χ1) is 11.8. The third-order valence-corrected chi connectivity index (χ3v) is 4.29. The molecule has 1 heterocycles. The molecule has 1 fully saturated rings. The zero-order chi connectivity index (χ0) is 18.6. The molecule has 0 spiro atoms. The van der Waals surface area contributed by atoms with Crippen LogP contribution in [0.1, 0.15) is 49.5 Å². The maximum atomic E-state index is 12.6. The van der Waals surface area contributed by atoms with Crippen LogP contribution in [-0.4, -0.2) is 59.7 Å². The molecule has 1 aliphatic rings. The van der Waals surface area contributed by atoms with Gasteiger partial charge in [-0.3, -0.25) is 14.4 Å². The molecular weight excluding hydrogens is 318 g/mol. The first-order valence-electron chi connectivity index (χ1n) is 8.78. The van der Waals surface area contributed by atoms with E-state index in [0.29, 0.717) is 37.7 Å². The van der Waals surface area contributed by atoms with Crippen LogP contribution in [0, 0.1) is 0 Å². The van der Waals surface area contributed by atoms with Gasteiger partial charge in [-0.05, 0) is 37.5 Å². The van der Waals surface area contributed by atoms with Gasteiger partial charge >= 0.3 is 11.8 Å². The Morgan fingerprint density at radius 1 is 0.880 bits per heavy atom. The van der Waals surface area contributed by atoms with E-state index in [2.05, 4.69) is 19.2 Å². The van der Waals surface area contributed by atoms with Crippen molar-refractivity contribution in [1.29, 1.82) is 0 Å². The van der Waals surface area contributed by atoms with Crippen molar-refractivity contribution in [3.63, 3.8) is 0 Å². The number of piperazine rings is 1. The van der Waals surface area contributed by atoms with E-state index in [9.17, 15) is 14.4 Å². The molecule has 1 aromatic rings. The standard InChI is InChI=1S/C19H27N3O3/c1-13(2)15-5-7-16(8-6-15)18(24)21-9-11-22(12-10-21)19(25)17(23)20-14(3)4/h5-8,13-14H,9-12H2,1-4H3,(H,20,23). The smallest absolute Gasteiger partial charge is 0.312 e. The number of carbonyl (C=O) groups excluding carboxylic acids is 3. The number of nitrogens with one attached hydrogen (secondary N) is 1. The number of nitrogens with zero attached hydrogens (tertiary/aromatic N) is 2. The molecule has 136 valence electrons. The Hall–Kier alpha value is -2.37. The molecule has 6 nitrogen and oxygen atoms in total. The molecule has 25 heavy (non-hydrogen) atoms. The molecular formula is C19H27N3O3. The molecule has 0 unspecified atom stereocenters. The molecule has 1 saturated heterocycles. The van der Waals surface area contributed by atoms with E-state index in [1.54, 1.807) is 4.90 Å². The summed E-state index contributed by atoms with van der Waals surface area (Å²) < 4.78 is 0. The van der Waals surface area contributed by atoms with Crippen LogP contribution in [0.4, 0.5) is 0 Å². The largest absolute Gasteiger partial charge is 0.346 e. The van der Waals surface area contributed by atoms with Gasteiger partial charge in [-0.1, -0.05) is 26.0 Å². The third kappa shape index (κ3) is 4.81. The summed E-state index contributed by atoms with van der Waals surface area (Å²) in [7, 11) is 0. The Morgan fingerprint density at radius 2 is 1.40 bits per heavy atom. The highest BCUT2D eigenvalue weighted by atomic mass is 16.2. The number of amides is 3. The lowest BCUT2D eigenvalue weighted by Gasteiger charge is -2.34. The lowest BCUT2D eigenvalue weighted by Crippen LogP contribution is -2.54. The van der Waals surface area contributed by atoms with Crippen molar-refractivity contribution >= 4 is 17.7 Å². The summed E-state index contributed by atoms with van der Waals surface area (Å²) in [5.74, 6) is -0.717. The quantitative estimate of drug-likeness (QED) is 0.847. The summed E-state index contributed by atoms with van der Waals surface area (Å²) in [6.07, 6.45) is 0. The van der Waals surface area contributed by atoms with E-state index in [0.717, 1.165) is 0 Å². The summed E-state index contributed by atoms with van der Waals surface area (Å²) in [5.41, 5.74) is 1.85. The van der Waals surface area contributed by atoms with Crippen LogP contribution in [0.5, 0.6) is 0 Å². The van der Waals surface area contributed by atoms with E-state index in [4.69, 9.17) is 0 Å². The molecule has 0 radical (unpaired) electrons. The normalized spacial score (nSPS) is 14.8. The molecule has 0 atom stereocenters. The van der Waals surface area contributed by atoms with Crippen LogP contribution in [0.25, 0.3) is 0 Å². The fourth-order valence-corrected chi connectivity index (χ4v) is 2.77. The molecule has 2 rings (SSSR count). The van der Waals surface area contributed by atoms with Crippen molar-refractivity contribution in [2.24, 2.45) is 0 Å². The van der Waals surface area contributed by atoms with Crippen LogP contribution in [-0.2, 0) is 9.59 Å². The maximum Gasteiger partial charge on any atom is 0.312 e. The SMILES string of the molecule is CC(C)NC(=O)C(=O)N1CCN(C(=O)c2ccc(C(C)C)cc2)CC1. The van der Waals surface area contributed by atoms with Gasteiger partial charge in [-0.2, -0.15) is 0 Å². The predicted octanol–water partition coefficient (Wildman–Crippen LogP) is 1.62. The Labute approximate surface area is 149 Å². The van der Waals surface area contributed by atoms with Crippen molar-refractivity contribution in [2.75, 3.05) is 26.2 Å². The molecule has 1 aliphatic heterocycles. The zero-order valence-corrected chi connectivity index (χ0v) is 15.4. The highest BCUT2D eigenvalue weighted by Gasteiger charge is 2.28. The summed E-state index contributed by atoms with van der Waals surface area (Å²) in [4.78, 5) is 39.7. The summed E-state index contributed by atoms with van der Waals surface area (Å²) in [5, 5.41) is 2.60. The molecule has 1 N–H and O–H groups in total. The van der Waals surface area contributed by atoms with Crippen LogP contribution in [0.3, 0.4) is 0 Å².